The number of aliphatic imine (C=N–C) groups is 1. The molecule has 1 aliphatic heterocycles. The molecule has 2 heterocycles. The first-order valence-corrected chi connectivity index (χ1v) is 11.1. The van der Waals surface area contributed by atoms with Gasteiger partial charge in [0, 0.05) is 51.4 Å². The molecule has 0 unspecified atom stereocenters. The van der Waals surface area contributed by atoms with Crippen LogP contribution in [0.4, 0.5) is 11.4 Å². The number of piperazine rings is 1. The third kappa shape index (κ3) is 4.09. The number of pyridine rings is 1. The Labute approximate surface area is 189 Å². The molecule has 2 N–H and O–H groups in total. The van der Waals surface area contributed by atoms with E-state index < -0.39 is 0 Å². The molecule has 156 valence electrons. The van der Waals surface area contributed by atoms with Gasteiger partial charge in [-0.3, -0.25) is 19.7 Å². The van der Waals surface area contributed by atoms with Crippen molar-refractivity contribution in [2.24, 2.45) is 4.99 Å². The highest BCUT2D eigenvalue weighted by Gasteiger charge is 2.26. The largest absolute Gasteiger partial charge is 0.494 e. The lowest BCUT2D eigenvalue weighted by Crippen LogP contribution is -2.55. The minimum atomic E-state index is -0.309. The van der Waals surface area contributed by atoms with Gasteiger partial charge in [0.25, 0.3) is 5.56 Å². The monoisotopic (exact) mass is 516 g/mol. The smallest absolute Gasteiger partial charge is 0.258 e. The molecular formula is C23H25IN4O2. The maximum atomic E-state index is 12.1. The Balaban J connectivity index is 1.60. The van der Waals surface area contributed by atoms with Gasteiger partial charge >= 0.3 is 0 Å². The SMILES string of the molecule is C[C@@H]1CN(c2ccc(N=Cc3c(O)[nH]c(=O)c4ccc(I)cc34)cc2)C[C@H](C)N1C. The number of aromatic hydroxyl groups is 1. The van der Waals surface area contributed by atoms with Crippen LogP contribution in [0.25, 0.3) is 10.8 Å². The summed E-state index contributed by atoms with van der Waals surface area (Å²) in [7, 11) is 2.18. The van der Waals surface area contributed by atoms with Crippen LogP contribution in [0, 0.1) is 3.57 Å². The van der Waals surface area contributed by atoms with Crippen molar-refractivity contribution in [2.75, 3.05) is 25.0 Å². The lowest BCUT2D eigenvalue weighted by Gasteiger charge is -2.43. The molecule has 0 aliphatic carbocycles. The number of H-pyrrole nitrogens is 1. The average molecular weight is 516 g/mol. The fourth-order valence-electron chi connectivity index (χ4n) is 3.94. The molecule has 2 atom stereocenters. The normalized spacial score (nSPS) is 20.3. The van der Waals surface area contributed by atoms with Crippen molar-refractivity contribution in [2.45, 2.75) is 25.9 Å². The Kier molecular flexibility index (Phi) is 5.84. The highest BCUT2D eigenvalue weighted by Crippen LogP contribution is 2.26. The van der Waals surface area contributed by atoms with Gasteiger partial charge in [0.15, 0.2) is 0 Å². The van der Waals surface area contributed by atoms with Gasteiger partial charge in [-0.05, 0) is 86.0 Å². The van der Waals surface area contributed by atoms with Crippen LogP contribution < -0.4 is 10.5 Å². The van der Waals surface area contributed by atoms with Crippen molar-refractivity contribution in [3.05, 3.63) is 62.0 Å². The molecule has 0 bridgehead atoms. The Morgan fingerprint density at radius 2 is 1.77 bits per heavy atom. The van der Waals surface area contributed by atoms with E-state index in [4.69, 9.17) is 0 Å². The second kappa shape index (κ2) is 8.39. The molecule has 4 rings (SSSR count). The van der Waals surface area contributed by atoms with Crippen LogP contribution in [0.1, 0.15) is 19.4 Å². The first kappa shape index (κ1) is 20.9. The van der Waals surface area contributed by atoms with Crippen LogP contribution in [-0.2, 0) is 0 Å². The summed E-state index contributed by atoms with van der Waals surface area (Å²) in [5.74, 6) is -0.171. The van der Waals surface area contributed by atoms with Gasteiger partial charge in [-0.25, -0.2) is 0 Å². The first-order chi connectivity index (χ1) is 14.3. The Morgan fingerprint density at radius 3 is 2.43 bits per heavy atom. The van der Waals surface area contributed by atoms with Crippen molar-refractivity contribution in [1.29, 1.82) is 0 Å². The zero-order valence-electron chi connectivity index (χ0n) is 17.3. The summed E-state index contributed by atoms with van der Waals surface area (Å²) in [4.78, 5) is 24.0. The fraction of sp³-hybridized carbons (Fsp3) is 0.304. The number of rotatable bonds is 3. The Hall–Kier alpha value is -2.39. The molecule has 0 radical (unpaired) electrons. The number of aromatic nitrogens is 1. The van der Waals surface area contributed by atoms with E-state index in [9.17, 15) is 9.90 Å². The lowest BCUT2D eigenvalue weighted by atomic mass is 10.1. The molecule has 7 heteroatoms. The first-order valence-electron chi connectivity index (χ1n) is 9.99. The third-order valence-electron chi connectivity index (χ3n) is 5.92. The summed E-state index contributed by atoms with van der Waals surface area (Å²) in [5, 5.41) is 11.5. The third-order valence-corrected chi connectivity index (χ3v) is 6.59. The van der Waals surface area contributed by atoms with Gasteiger partial charge in [0.1, 0.15) is 0 Å². The van der Waals surface area contributed by atoms with Gasteiger partial charge in [0.05, 0.1) is 11.3 Å². The van der Waals surface area contributed by atoms with E-state index in [-0.39, 0.29) is 11.4 Å². The van der Waals surface area contributed by atoms with Crippen LogP contribution in [0.15, 0.2) is 52.3 Å². The molecule has 1 aliphatic rings. The molecule has 2 aromatic carbocycles. The zero-order chi connectivity index (χ0) is 21.4. The number of hydrogen-bond acceptors (Lipinski definition) is 5. The molecular weight excluding hydrogens is 491 g/mol. The van der Waals surface area contributed by atoms with E-state index in [0.717, 1.165) is 22.3 Å². The van der Waals surface area contributed by atoms with E-state index in [1.807, 2.05) is 24.3 Å². The maximum Gasteiger partial charge on any atom is 0.258 e. The van der Waals surface area contributed by atoms with E-state index >= 15 is 0 Å². The van der Waals surface area contributed by atoms with Gasteiger partial charge in [-0.2, -0.15) is 0 Å². The number of halogens is 1. The number of nitrogens with one attached hydrogen (secondary N) is 1. The molecule has 1 aromatic heterocycles. The van der Waals surface area contributed by atoms with Crippen LogP contribution in [0.3, 0.4) is 0 Å². The number of fused-ring (bicyclic) bond motifs is 1. The van der Waals surface area contributed by atoms with Crippen molar-refractivity contribution in [1.82, 2.24) is 9.88 Å². The number of anilines is 1. The number of aromatic amines is 1. The molecule has 1 saturated heterocycles. The summed E-state index contributed by atoms with van der Waals surface area (Å²) in [6, 6.07) is 14.7. The van der Waals surface area contributed by atoms with Crippen LogP contribution >= 0.6 is 22.6 Å². The number of hydrogen-bond donors (Lipinski definition) is 2. The summed E-state index contributed by atoms with van der Waals surface area (Å²) >= 11 is 2.19. The van der Waals surface area contributed by atoms with Crippen molar-refractivity contribution < 1.29 is 5.11 Å². The molecule has 0 spiro atoms. The summed E-state index contributed by atoms with van der Waals surface area (Å²) in [6.07, 6.45) is 1.61. The van der Waals surface area contributed by atoms with Gasteiger partial charge in [0.2, 0.25) is 5.88 Å². The molecule has 3 aromatic rings. The van der Waals surface area contributed by atoms with E-state index in [1.54, 1.807) is 12.3 Å². The minimum absolute atomic E-state index is 0.171. The average Bonchev–Trinajstić information content (AvgIpc) is 2.71. The van der Waals surface area contributed by atoms with Crippen molar-refractivity contribution in [3.8, 4) is 5.88 Å². The van der Waals surface area contributed by atoms with E-state index in [0.29, 0.717) is 28.4 Å². The van der Waals surface area contributed by atoms with E-state index in [2.05, 4.69) is 75.4 Å². The van der Waals surface area contributed by atoms with Gasteiger partial charge in [-0.1, -0.05) is 0 Å². The topological polar surface area (TPSA) is 71.9 Å². The lowest BCUT2D eigenvalue weighted by molar-refractivity contribution is 0.170. The highest BCUT2D eigenvalue weighted by atomic mass is 127. The standard InChI is InChI=1S/C23H25IN4O2/c1-14-12-28(13-15(2)27(14)3)18-7-5-17(6-8-18)25-11-21-20-10-16(24)4-9-19(20)22(29)26-23(21)30/h4-11,14-15H,12-13H2,1-3H3,(H2,26,29,30)/t14-,15+. The summed E-state index contributed by atoms with van der Waals surface area (Å²) < 4.78 is 0.986. The number of benzene rings is 2. The molecule has 6 nitrogen and oxygen atoms in total. The highest BCUT2D eigenvalue weighted by molar-refractivity contribution is 14.1. The molecule has 1 fully saturated rings. The van der Waals surface area contributed by atoms with Gasteiger partial charge < -0.3 is 10.0 Å². The molecule has 0 amide bonds. The van der Waals surface area contributed by atoms with Crippen molar-refractivity contribution >= 4 is 51.0 Å². The van der Waals surface area contributed by atoms with Gasteiger partial charge in [-0.15, -0.1) is 0 Å². The summed E-state index contributed by atoms with van der Waals surface area (Å²) in [6.45, 7) is 6.51. The predicted octanol–water partition coefficient (Wildman–Crippen LogP) is 4.12. The molecule has 0 saturated carbocycles. The van der Waals surface area contributed by atoms with Crippen molar-refractivity contribution in [3.63, 3.8) is 0 Å². The quantitative estimate of drug-likeness (QED) is 0.406. The van der Waals surface area contributed by atoms with E-state index in [1.165, 1.54) is 5.69 Å². The fourth-order valence-corrected chi connectivity index (χ4v) is 4.43. The van der Waals surface area contributed by atoms with Crippen LogP contribution in [-0.4, -0.2) is 53.4 Å². The Bertz CT molecular complexity index is 1140. The van der Waals surface area contributed by atoms with Crippen LogP contribution in [0.5, 0.6) is 5.88 Å². The van der Waals surface area contributed by atoms with Crippen LogP contribution in [0.2, 0.25) is 0 Å². The number of nitrogens with zero attached hydrogens (tertiary/aromatic N) is 3. The molecule has 30 heavy (non-hydrogen) atoms. The maximum absolute atomic E-state index is 12.1. The predicted molar refractivity (Wildman–Crippen MR) is 132 cm³/mol. The number of likely N-dealkylation sites (N-methyl/N-ethyl adjacent to an activating group) is 1. The summed E-state index contributed by atoms with van der Waals surface area (Å²) in [5.41, 5.74) is 2.18. The second-order valence-electron chi connectivity index (χ2n) is 7.95. The second-order valence-corrected chi connectivity index (χ2v) is 9.20. The minimum Gasteiger partial charge on any atom is -0.494 e. The zero-order valence-corrected chi connectivity index (χ0v) is 19.4. The Morgan fingerprint density at radius 1 is 1.10 bits per heavy atom.